The summed E-state index contributed by atoms with van der Waals surface area (Å²) in [7, 11) is 0. The summed E-state index contributed by atoms with van der Waals surface area (Å²) in [4.78, 5) is 10.9. The van der Waals surface area contributed by atoms with Crippen LogP contribution in [0, 0.1) is 5.92 Å². The summed E-state index contributed by atoms with van der Waals surface area (Å²) in [6, 6.07) is 10.2. The minimum atomic E-state index is 0.0728. The molecular formula is C14H18O. The fourth-order valence-corrected chi connectivity index (χ4v) is 1.73. The standard InChI is InChI=1S/C14H18O/c1-3-4-10-14(12(2)11-15)13-8-6-5-7-9-13/h3-9,11-12,14H,10H2,1-2H3. The van der Waals surface area contributed by atoms with Gasteiger partial charge < -0.3 is 4.79 Å². The van der Waals surface area contributed by atoms with E-state index in [9.17, 15) is 4.79 Å². The first-order chi connectivity index (χ1) is 7.29. The predicted molar refractivity (Wildman–Crippen MR) is 63.8 cm³/mol. The molecule has 2 atom stereocenters. The zero-order valence-corrected chi connectivity index (χ0v) is 9.39. The van der Waals surface area contributed by atoms with Gasteiger partial charge in [0.05, 0.1) is 0 Å². The lowest BCUT2D eigenvalue weighted by Crippen LogP contribution is -2.10. The summed E-state index contributed by atoms with van der Waals surface area (Å²) in [5, 5.41) is 0. The molecule has 1 aromatic carbocycles. The van der Waals surface area contributed by atoms with Crippen LogP contribution >= 0.6 is 0 Å². The Balaban J connectivity index is 2.85. The molecule has 15 heavy (non-hydrogen) atoms. The van der Waals surface area contributed by atoms with Crippen LogP contribution in [0.1, 0.15) is 31.7 Å². The first-order valence-electron chi connectivity index (χ1n) is 5.41. The number of carbonyl (C=O) groups is 1. The minimum absolute atomic E-state index is 0.0728. The second-order valence-electron chi connectivity index (χ2n) is 3.82. The molecule has 0 aliphatic rings. The van der Waals surface area contributed by atoms with Gasteiger partial charge in [0.15, 0.2) is 0 Å². The Bertz CT molecular complexity index is 313. The molecule has 80 valence electrons. The van der Waals surface area contributed by atoms with Crippen LogP contribution in [0.4, 0.5) is 0 Å². The Morgan fingerprint density at radius 1 is 1.27 bits per heavy atom. The maximum atomic E-state index is 10.9. The highest BCUT2D eigenvalue weighted by atomic mass is 16.1. The molecular weight excluding hydrogens is 184 g/mol. The van der Waals surface area contributed by atoms with Crippen LogP contribution in [-0.2, 0) is 4.79 Å². The molecule has 0 fully saturated rings. The normalized spacial score (nSPS) is 15.1. The molecule has 1 aromatic rings. The second kappa shape index (κ2) is 6.18. The van der Waals surface area contributed by atoms with E-state index in [0.717, 1.165) is 12.7 Å². The van der Waals surface area contributed by atoms with Gasteiger partial charge in [0.2, 0.25) is 0 Å². The van der Waals surface area contributed by atoms with E-state index in [4.69, 9.17) is 0 Å². The first-order valence-corrected chi connectivity index (χ1v) is 5.41. The zero-order valence-electron chi connectivity index (χ0n) is 9.39. The SMILES string of the molecule is CC=CCC(c1ccccc1)C(C)C=O. The molecule has 0 aromatic heterocycles. The summed E-state index contributed by atoms with van der Waals surface area (Å²) < 4.78 is 0. The largest absolute Gasteiger partial charge is 0.303 e. The Labute approximate surface area is 91.8 Å². The van der Waals surface area contributed by atoms with E-state index < -0.39 is 0 Å². The summed E-state index contributed by atoms with van der Waals surface area (Å²) in [5.41, 5.74) is 1.25. The van der Waals surface area contributed by atoms with Crippen molar-refractivity contribution < 1.29 is 4.79 Å². The van der Waals surface area contributed by atoms with E-state index in [1.165, 1.54) is 5.56 Å². The smallest absolute Gasteiger partial charge is 0.123 e. The van der Waals surface area contributed by atoms with Gasteiger partial charge in [-0.1, -0.05) is 49.4 Å². The van der Waals surface area contributed by atoms with Crippen molar-refractivity contribution in [2.45, 2.75) is 26.2 Å². The van der Waals surface area contributed by atoms with Gasteiger partial charge in [0.1, 0.15) is 6.29 Å². The van der Waals surface area contributed by atoms with Crippen molar-refractivity contribution >= 4 is 6.29 Å². The maximum Gasteiger partial charge on any atom is 0.123 e. The molecule has 0 saturated heterocycles. The third kappa shape index (κ3) is 3.35. The van der Waals surface area contributed by atoms with E-state index in [1.54, 1.807) is 0 Å². The van der Waals surface area contributed by atoms with Gasteiger partial charge in [-0.15, -0.1) is 0 Å². The van der Waals surface area contributed by atoms with Gasteiger partial charge in [-0.25, -0.2) is 0 Å². The highest BCUT2D eigenvalue weighted by Gasteiger charge is 2.16. The average Bonchev–Trinajstić information content (AvgIpc) is 2.30. The molecule has 1 heteroatoms. The number of carbonyl (C=O) groups excluding carboxylic acids is 1. The van der Waals surface area contributed by atoms with Crippen LogP contribution in [0.15, 0.2) is 42.5 Å². The van der Waals surface area contributed by atoms with Crippen molar-refractivity contribution in [2.24, 2.45) is 5.92 Å². The third-order valence-corrected chi connectivity index (χ3v) is 2.70. The Morgan fingerprint density at radius 2 is 1.93 bits per heavy atom. The monoisotopic (exact) mass is 202 g/mol. The molecule has 0 radical (unpaired) electrons. The Morgan fingerprint density at radius 3 is 2.47 bits per heavy atom. The van der Waals surface area contributed by atoms with Crippen molar-refractivity contribution in [2.75, 3.05) is 0 Å². The highest BCUT2D eigenvalue weighted by Crippen LogP contribution is 2.27. The first kappa shape index (κ1) is 11.7. The fourth-order valence-electron chi connectivity index (χ4n) is 1.73. The molecule has 0 aliphatic heterocycles. The van der Waals surface area contributed by atoms with E-state index in [0.29, 0.717) is 5.92 Å². The third-order valence-electron chi connectivity index (χ3n) is 2.70. The molecule has 0 N–H and O–H groups in total. The van der Waals surface area contributed by atoms with Crippen molar-refractivity contribution in [3.63, 3.8) is 0 Å². The quantitative estimate of drug-likeness (QED) is 0.527. The zero-order chi connectivity index (χ0) is 11.1. The molecule has 0 spiro atoms. The highest BCUT2D eigenvalue weighted by molar-refractivity contribution is 5.55. The number of aldehydes is 1. The molecule has 2 unspecified atom stereocenters. The van der Waals surface area contributed by atoms with Crippen molar-refractivity contribution in [1.29, 1.82) is 0 Å². The lowest BCUT2D eigenvalue weighted by Gasteiger charge is -2.18. The molecule has 0 amide bonds. The van der Waals surface area contributed by atoms with Gasteiger partial charge in [0.25, 0.3) is 0 Å². The van der Waals surface area contributed by atoms with Crippen LogP contribution in [0.2, 0.25) is 0 Å². The molecule has 0 heterocycles. The fraction of sp³-hybridized carbons (Fsp3) is 0.357. The van der Waals surface area contributed by atoms with Crippen LogP contribution in [0.25, 0.3) is 0 Å². The van der Waals surface area contributed by atoms with Gasteiger partial charge in [-0.05, 0) is 24.8 Å². The van der Waals surface area contributed by atoms with E-state index in [1.807, 2.05) is 38.1 Å². The molecule has 0 bridgehead atoms. The number of allylic oxidation sites excluding steroid dienone is 2. The second-order valence-corrected chi connectivity index (χ2v) is 3.82. The van der Waals surface area contributed by atoms with Gasteiger partial charge in [-0.3, -0.25) is 0 Å². The molecule has 0 saturated carbocycles. The van der Waals surface area contributed by atoms with Crippen LogP contribution < -0.4 is 0 Å². The Kier molecular flexibility index (Phi) is 4.82. The number of hydrogen-bond acceptors (Lipinski definition) is 1. The molecule has 0 aliphatic carbocycles. The summed E-state index contributed by atoms with van der Waals surface area (Å²) in [6.45, 7) is 3.99. The van der Waals surface area contributed by atoms with Crippen LogP contribution in [-0.4, -0.2) is 6.29 Å². The van der Waals surface area contributed by atoms with Crippen LogP contribution in [0.5, 0.6) is 0 Å². The Hall–Kier alpha value is -1.37. The van der Waals surface area contributed by atoms with E-state index in [2.05, 4.69) is 18.2 Å². The molecule has 1 rings (SSSR count). The summed E-state index contributed by atoms with van der Waals surface area (Å²) >= 11 is 0. The van der Waals surface area contributed by atoms with E-state index in [-0.39, 0.29) is 5.92 Å². The average molecular weight is 202 g/mol. The number of rotatable bonds is 5. The number of benzene rings is 1. The minimum Gasteiger partial charge on any atom is -0.303 e. The lowest BCUT2D eigenvalue weighted by molar-refractivity contribution is -0.111. The van der Waals surface area contributed by atoms with Crippen molar-refractivity contribution in [3.05, 3.63) is 48.0 Å². The van der Waals surface area contributed by atoms with Gasteiger partial charge in [-0.2, -0.15) is 0 Å². The van der Waals surface area contributed by atoms with Gasteiger partial charge in [0, 0.05) is 5.92 Å². The van der Waals surface area contributed by atoms with Crippen molar-refractivity contribution in [1.82, 2.24) is 0 Å². The van der Waals surface area contributed by atoms with Crippen molar-refractivity contribution in [3.8, 4) is 0 Å². The summed E-state index contributed by atoms with van der Waals surface area (Å²) in [6.07, 6.45) is 6.13. The van der Waals surface area contributed by atoms with Crippen LogP contribution in [0.3, 0.4) is 0 Å². The lowest BCUT2D eigenvalue weighted by atomic mass is 9.85. The maximum absolute atomic E-state index is 10.9. The number of hydrogen-bond donors (Lipinski definition) is 0. The molecule has 1 nitrogen and oxygen atoms in total. The van der Waals surface area contributed by atoms with E-state index >= 15 is 0 Å². The predicted octanol–water partition coefficient (Wildman–Crippen LogP) is 3.57. The summed E-state index contributed by atoms with van der Waals surface area (Å²) in [5.74, 6) is 0.378. The topological polar surface area (TPSA) is 17.1 Å². The van der Waals surface area contributed by atoms with Gasteiger partial charge >= 0.3 is 0 Å².